The number of nitrogens with one attached hydrogen (secondary N) is 1. The smallest absolute Gasteiger partial charge is 0.326 e. The fourth-order valence-electron chi connectivity index (χ4n) is 2.80. The van der Waals surface area contributed by atoms with Gasteiger partial charge < -0.3 is 15.0 Å². The Kier molecular flexibility index (Phi) is 3.71. The summed E-state index contributed by atoms with van der Waals surface area (Å²) in [6.45, 7) is 0.495. The summed E-state index contributed by atoms with van der Waals surface area (Å²) in [5.41, 5.74) is 1.30. The average Bonchev–Trinajstić information content (AvgIpc) is 2.89. The van der Waals surface area contributed by atoms with Crippen LogP contribution in [0.3, 0.4) is 0 Å². The topological polar surface area (TPSA) is 73.4 Å². The van der Waals surface area contributed by atoms with E-state index in [1.54, 1.807) is 6.07 Å². The molecule has 1 aliphatic rings. The van der Waals surface area contributed by atoms with Crippen molar-refractivity contribution in [3.8, 4) is 0 Å². The number of benzene rings is 1. The van der Waals surface area contributed by atoms with Gasteiger partial charge in [0.1, 0.15) is 11.7 Å². The third-order valence-electron chi connectivity index (χ3n) is 3.86. The number of hydrogen-bond acceptors (Lipinski definition) is 2. The van der Waals surface area contributed by atoms with Gasteiger partial charge in [0, 0.05) is 21.9 Å². The third kappa shape index (κ3) is 2.68. The normalized spacial score (nSPS) is 18.9. The van der Waals surface area contributed by atoms with Crippen LogP contribution in [0, 0.1) is 0 Å². The van der Waals surface area contributed by atoms with Crippen molar-refractivity contribution in [3.05, 3.63) is 34.4 Å². The van der Waals surface area contributed by atoms with E-state index >= 15 is 0 Å². The highest BCUT2D eigenvalue weighted by molar-refractivity contribution is 9.10. The van der Waals surface area contributed by atoms with E-state index in [1.165, 1.54) is 4.90 Å². The van der Waals surface area contributed by atoms with Crippen molar-refractivity contribution in [2.24, 2.45) is 0 Å². The molecule has 1 aromatic carbocycles. The fourth-order valence-corrected chi connectivity index (χ4v) is 3.16. The van der Waals surface area contributed by atoms with Crippen molar-refractivity contribution in [1.82, 2.24) is 9.88 Å². The molecule has 3 rings (SSSR count). The van der Waals surface area contributed by atoms with Gasteiger partial charge in [0.15, 0.2) is 0 Å². The number of likely N-dealkylation sites (tertiary alicyclic amines) is 1. The van der Waals surface area contributed by atoms with Gasteiger partial charge >= 0.3 is 5.97 Å². The van der Waals surface area contributed by atoms with Crippen molar-refractivity contribution in [3.63, 3.8) is 0 Å². The third-order valence-corrected chi connectivity index (χ3v) is 4.36. The van der Waals surface area contributed by atoms with Gasteiger partial charge in [0.05, 0.1) is 0 Å². The zero-order valence-corrected chi connectivity index (χ0v) is 12.9. The Labute approximate surface area is 130 Å². The number of carbonyl (C=O) groups excluding carboxylic acids is 1. The molecule has 0 radical (unpaired) electrons. The molecule has 2 aromatic rings. The van der Waals surface area contributed by atoms with Gasteiger partial charge in [0.2, 0.25) is 0 Å². The number of aromatic nitrogens is 1. The number of nitrogens with zero attached hydrogens (tertiary/aromatic N) is 1. The quantitative estimate of drug-likeness (QED) is 0.874. The summed E-state index contributed by atoms with van der Waals surface area (Å²) in [5, 5.41) is 10.2. The number of carbonyl (C=O) groups is 2. The number of piperidine rings is 1. The van der Waals surface area contributed by atoms with E-state index in [0.717, 1.165) is 28.2 Å². The van der Waals surface area contributed by atoms with Gasteiger partial charge in [-0.15, -0.1) is 0 Å². The van der Waals surface area contributed by atoms with E-state index in [4.69, 9.17) is 0 Å². The monoisotopic (exact) mass is 350 g/mol. The number of halogens is 1. The minimum Gasteiger partial charge on any atom is -0.480 e. The van der Waals surface area contributed by atoms with Gasteiger partial charge in [-0.3, -0.25) is 4.79 Å². The SMILES string of the molecule is O=C(O)C1CCCCN1C(=O)c1cc2ccc(Br)cc2[nH]1. The van der Waals surface area contributed by atoms with Gasteiger partial charge in [-0.2, -0.15) is 0 Å². The first-order valence-corrected chi connectivity index (χ1v) is 7.67. The average molecular weight is 351 g/mol. The molecule has 1 aromatic heterocycles. The predicted octanol–water partition coefficient (Wildman–Crippen LogP) is 3.01. The maximum absolute atomic E-state index is 12.6. The molecule has 1 fully saturated rings. The predicted molar refractivity (Wildman–Crippen MR) is 82.3 cm³/mol. The molecule has 1 unspecified atom stereocenters. The molecule has 0 aliphatic carbocycles. The van der Waals surface area contributed by atoms with Crippen molar-refractivity contribution < 1.29 is 14.7 Å². The second-order valence-corrected chi connectivity index (χ2v) is 6.18. The zero-order chi connectivity index (χ0) is 15.0. The highest BCUT2D eigenvalue weighted by Gasteiger charge is 2.33. The Morgan fingerprint density at radius 2 is 2.10 bits per heavy atom. The summed E-state index contributed by atoms with van der Waals surface area (Å²) in [6, 6.07) is 6.78. The second-order valence-electron chi connectivity index (χ2n) is 5.26. The minimum atomic E-state index is -0.929. The summed E-state index contributed by atoms with van der Waals surface area (Å²) in [5.74, 6) is -1.17. The van der Waals surface area contributed by atoms with E-state index in [0.29, 0.717) is 18.7 Å². The fraction of sp³-hybridized carbons (Fsp3) is 0.333. The molecular formula is C15H15BrN2O3. The first kappa shape index (κ1) is 14.1. The van der Waals surface area contributed by atoms with E-state index in [1.807, 2.05) is 18.2 Å². The molecule has 1 saturated heterocycles. The summed E-state index contributed by atoms with van der Waals surface area (Å²) in [6.07, 6.45) is 2.22. The minimum absolute atomic E-state index is 0.241. The number of carboxylic acid groups (broad SMARTS) is 1. The van der Waals surface area contributed by atoms with Gasteiger partial charge in [-0.1, -0.05) is 22.0 Å². The van der Waals surface area contributed by atoms with Crippen LogP contribution in [0.4, 0.5) is 0 Å². The number of amides is 1. The Morgan fingerprint density at radius 1 is 1.29 bits per heavy atom. The molecule has 6 heteroatoms. The van der Waals surface area contributed by atoms with Crippen LogP contribution < -0.4 is 0 Å². The van der Waals surface area contributed by atoms with Crippen LogP contribution >= 0.6 is 15.9 Å². The summed E-state index contributed by atoms with van der Waals surface area (Å²) < 4.78 is 0.928. The number of hydrogen-bond donors (Lipinski definition) is 2. The van der Waals surface area contributed by atoms with Gasteiger partial charge in [0.25, 0.3) is 5.91 Å². The lowest BCUT2D eigenvalue weighted by molar-refractivity contribution is -0.143. The Hall–Kier alpha value is -1.82. The first-order valence-electron chi connectivity index (χ1n) is 6.88. The standard InChI is InChI=1S/C15H15BrN2O3/c16-10-5-4-9-7-12(17-11(9)8-10)14(19)18-6-2-1-3-13(18)15(20)21/h4-5,7-8,13,17H,1-3,6H2,(H,20,21). The summed E-state index contributed by atoms with van der Waals surface area (Å²) in [7, 11) is 0. The molecule has 1 amide bonds. The van der Waals surface area contributed by atoms with Crippen LogP contribution in [0.1, 0.15) is 29.8 Å². The van der Waals surface area contributed by atoms with E-state index in [2.05, 4.69) is 20.9 Å². The molecule has 2 heterocycles. The van der Waals surface area contributed by atoms with Crippen LogP contribution in [0.15, 0.2) is 28.7 Å². The molecule has 1 atom stereocenters. The van der Waals surface area contributed by atoms with E-state index in [9.17, 15) is 14.7 Å². The number of H-pyrrole nitrogens is 1. The number of rotatable bonds is 2. The Morgan fingerprint density at radius 3 is 2.86 bits per heavy atom. The molecule has 0 saturated carbocycles. The van der Waals surface area contributed by atoms with Crippen LogP contribution in [0.2, 0.25) is 0 Å². The molecule has 5 nitrogen and oxygen atoms in total. The zero-order valence-electron chi connectivity index (χ0n) is 11.3. The molecular weight excluding hydrogens is 336 g/mol. The molecule has 110 valence electrons. The lowest BCUT2D eigenvalue weighted by Crippen LogP contribution is -2.48. The van der Waals surface area contributed by atoms with Crippen molar-refractivity contribution in [1.29, 1.82) is 0 Å². The molecule has 0 bridgehead atoms. The Balaban J connectivity index is 1.93. The lowest BCUT2D eigenvalue weighted by atomic mass is 10.0. The van der Waals surface area contributed by atoms with Crippen LogP contribution in [-0.2, 0) is 4.79 Å². The Bertz CT molecular complexity index is 710. The molecule has 0 spiro atoms. The number of aromatic amines is 1. The van der Waals surface area contributed by atoms with Gasteiger partial charge in [-0.25, -0.2) is 4.79 Å². The summed E-state index contributed by atoms with van der Waals surface area (Å²) in [4.78, 5) is 28.4. The second kappa shape index (κ2) is 5.52. The molecule has 2 N–H and O–H groups in total. The number of fused-ring (bicyclic) bond motifs is 1. The largest absolute Gasteiger partial charge is 0.480 e. The van der Waals surface area contributed by atoms with Crippen LogP contribution in [0.25, 0.3) is 10.9 Å². The van der Waals surface area contributed by atoms with Crippen molar-refractivity contribution in [2.75, 3.05) is 6.54 Å². The lowest BCUT2D eigenvalue weighted by Gasteiger charge is -2.32. The molecule has 21 heavy (non-hydrogen) atoms. The maximum atomic E-state index is 12.6. The highest BCUT2D eigenvalue weighted by Crippen LogP contribution is 2.24. The maximum Gasteiger partial charge on any atom is 0.326 e. The first-order chi connectivity index (χ1) is 10.1. The highest BCUT2D eigenvalue weighted by atomic mass is 79.9. The van der Waals surface area contributed by atoms with Crippen LogP contribution in [-0.4, -0.2) is 39.5 Å². The summed E-state index contributed by atoms with van der Waals surface area (Å²) >= 11 is 3.39. The van der Waals surface area contributed by atoms with Gasteiger partial charge in [-0.05, 0) is 37.5 Å². The number of carboxylic acids is 1. The van der Waals surface area contributed by atoms with E-state index < -0.39 is 12.0 Å². The number of aliphatic carboxylic acids is 1. The van der Waals surface area contributed by atoms with Crippen molar-refractivity contribution in [2.45, 2.75) is 25.3 Å². The molecule has 1 aliphatic heterocycles. The van der Waals surface area contributed by atoms with Crippen molar-refractivity contribution >= 4 is 38.7 Å². The van der Waals surface area contributed by atoms with Crippen LogP contribution in [0.5, 0.6) is 0 Å². The van der Waals surface area contributed by atoms with E-state index in [-0.39, 0.29) is 5.91 Å².